The molecule has 1 rings (SSSR count). The highest BCUT2D eigenvalue weighted by Gasteiger charge is 2.22. The second kappa shape index (κ2) is 7.63. The van der Waals surface area contributed by atoms with Gasteiger partial charge in [-0.1, -0.05) is 0 Å². The van der Waals surface area contributed by atoms with Gasteiger partial charge in [0.2, 0.25) is 5.91 Å². The number of carbonyl (C=O) groups is 1. The van der Waals surface area contributed by atoms with E-state index in [-0.39, 0.29) is 11.9 Å². The molecule has 1 fully saturated rings. The highest BCUT2D eigenvalue weighted by molar-refractivity contribution is 5.76. The smallest absolute Gasteiger partial charge is 0.221 e. The Bertz CT molecular complexity index is 230. The molecule has 0 radical (unpaired) electrons. The van der Waals surface area contributed by atoms with E-state index in [1.54, 1.807) is 0 Å². The van der Waals surface area contributed by atoms with Crippen molar-refractivity contribution in [2.24, 2.45) is 0 Å². The predicted octanol–water partition coefficient (Wildman–Crippen LogP) is -0.179. The number of morpholine rings is 1. The van der Waals surface area contributed by atoms with Gasteiger partial charge in [0, 0.05) is 38.1 Å². The summed E-state index contributed by atoms with van der Waals surface area (Å²) in [5, 5.41) is 6.03. The van der Waals surface area contributed by atoms with Crippen molar-refractivity contribution in [2.45, 2.75) is 32.4 Å². The highest BCUT2D eigenvalue weighted by Crippen LogP contribution is 2.07. The van der Waals surface area contributed by atoms with Gasteiger partial charge < -0.3 is 15.4 Å². The first-order chi connectivity index (χ1) is 8.15. The molecule has 5 heteroatoms. The molecule has 100 valence electrons. The van der Waals surface area contributed by atoms with E-state index in [1.807, 2.05) is 7.05 Å². The van der Waals surface area contributed by atoms with Crippen LogP contribution in [-0.4, -0.2) is 62.8 Å². The Kier molecular flexibility index (Phi) is 6.47. The largest absolute Gasteiger partial charge is 0.379 e. The fourth-order valence-corrected chi connectivity index (χ4v) is 1.99. The summed E-state index contributed by atoms with van der Waals surface area (Å²) in [7, 11) is 1.85. The Morgan fingerprint density at radius 3 is 2.59 bits per heavy atom. The average molecular weight is 243 g/mol. The van der Waals surface area contributed by atoms with Crippen LogP contribution in [0.5, 0.6) is 0 Å². The van der Waals surface area contributed by atoms with Crippen LogP contribution in [0.3, 0.4) is 0 Å². The van der Waals surface area contributed by atoms with Crippen LogP contribution in [-0.2, 0) is 9.53 Å². The molecule has 1 amide bonds. The Hall–Kier alpha value is -0.650. The van der Waals surface area contributed by atoms with Gasteiger partial charge in [-0.15, -0.1) is 0 Å². The lowest BCUT2D eigenvalue weighted by Gasteiger charge is -2.35. The molecule has 1 saturated heterocycles. The molecule has 1 heterocycles. The first kappa shape index (κ1) is 14.4. The molecule has 0 aromatic rings. The minimum absolute atomic E-state index is 0.118. The van der Waals surface area contributed by atoms with Crippen molar-refractivity contribution >= 4 is 5.91 Å². The minimum atomic E-state index is 0.118. The van der Waals surface area contributed by atoms with E-state index >= 15 is 0 Å². The highest BCUT2D eigenvalue weighted by atomic mass is 16.5. The summed E-state index contributed by atoms with van der Waals surface area (Å²) in [5.74, 6) is 0.118. The summed E-state index contributed by atoms with van der Waals surface area (Å²) in [4.78, 5) is 14.0. The van der Waals surface area contributed by atoms with Crippen LogP contribution < -0.4 is 10.6 Å². The van der Waals surface area contributed by atoms with Crippen molar-refractivity contribution in [1.29, 1.82) is 0 Å². The number of rotatable bonds is 6. The summed E-state index contributed by atoms with van der Waals surface area (Å²) in [6.07, 6.45) is 0.538. The van der Waals surface area contributed by atoms with Crippen molar-refractivity contribution in [3.63, 3.8) is 0 Å². The van der Waals surface area contributed by atoms with E-state index < -0.39 is 0 Å². The molecule has 0 spiro atoms. The van der Waals surface area contributed by atoms with Gasteiger partial charge in [-0.05, 0) is 20.9 Å². The van der Waals surface area contributed by atoms with E-state index in [9.17, 15) is 4.79 Å². The van der Waals surface area contributed by atoms with Gasteiger partial charge in [0.15, 0.2) is 0 Å². The van der Waals surface area contributed by atoms with Crippen LogP contribution in [0.15, 0.2) is 0 Å². The van der Waals surface area contributed by atoms with Gasteiger partial charge in [0.25, 0.3) is 0 Å². The molecule has 2 unspecified atom stereocenters. The number of hydrogen-bond donors (Lipinski definition) is 2. The molecule has 0 aromatic carbocycles. The number of hydrogen-bond acceptors (Lipinski definition) is 4. The van der Waals surface area contributed by atoms with E-state index in [1.165, 1.54) is 0 Å². The summed E-state index contributed by atoms with van der Waals surface area (Å²) in [6.45, 7) is 8.46. The zero-order chi connectivity index (χ0) is 12.7. The molecule has 2 N–H and O–H groups in total. The molecular weight excluding hydrogens is 218 g/mol. The van der Waals surface area contributed by atoms with Crippen LogP contribution in [0.4, 0.5) is 0 Å². The SMILES string of the molecule is CNCCC(=O)NC(C)C(C)N1CCOCC1. The third-order valence-corrected chi connectivity index (χ3v) is 3.34. The lowest BCUT2D eigenvalue weighted by atomic mass is 10.1. The lowest BCUT2D eigenvalue weighted by molar-refractivity contribution is -0.122. The third kappa shape index (κ3) is 5.02. The van der Waals surface area contributed by atoms with Crippen molar-refractivity contribution in [3.05, 3.63) is 0 Å². The number of nitrogens with zero attached hydrogens (tertiary/aromatic N) is 1. The first-order valence-electron chi connectivity index (χ1n) is 6.41. The summed E-state index contributed by atoms with van der Waals surface area (Å²) in [6, 6.07) is 0.537. The topological polar surface area (TPSA) is 53.6 Å². The van der Waals surface area contributed by atoms with Crippen LogP contribution in [0.2, 0.25) is 0 Å². The summed E-state index contributed by atoms with van der Waals surface area (Å²) in [5.41, 5.74) is 0. The Morgan fingerprint density at radius 1 is 1.35 bits per heavy atom. The Labute approximate surface area is 104 Å². The Balaban J connectivity index is 2.29. The number of carbonyl (C=O) groups excluding carboxylic acids is 1. The predicted molar refractivity (Wildman–Crippen MR) is 68.0 cm³/mol. The molecule has 0 aliphatic carbocycles. The maximum Gasteiger partial charge on any atom is 0.221 e. The van der Waals surface area contributed by atoms with Crippen LogP contribution in [0, 0.1) is 0 Å². The molecule has 5 nitrogen and oxygen atoms in total. The van der Waals surface area contributed by atoms with E-state index in [0.717, 1.165) is 32.8 Å². The number of amides is 1. The zero-order valence-electron chi connectivity index (χ0n) is 11.2. The van der Waals surface area contributed by atoms with Crippen LogP contribution in [0.1, 0.15) is 20.3 Å². The summed E-state index contributed by atoms with van der Waals surface area (Å²) >= 11 is 0. The Morgan fingerprint density at radius 2 is 2.00 bits per heavy atom. The fourth-order valence-electron chi connectivity index (χ4n) is 1.99. The monoisotopic (exact) mass is 243 g/mol. The van der Waals surface area contributed by atoms with Crippen molar-refractivity contribution < 1.29 is 9.53 Å². The summed E-state index contributed by atoms with van der Waals surface area (Å²) < 4.78 is 5.33. The second-order valence-electron chi connectivity index (χ2n) is 4.60. The van der Waals surface area contributed by atoms with E-state index in [4.69, 9.17) is 4.74 Å². The lowest BCUT2D eigenvalue weighted by Crippen LogP contribution is -2.52. The van der Waals surface area contributed by atoms with Crippen LogP contribution in [0.25, 0.3) is 0 Å². The average Bonchev–Trinajstić information content (AvgIpc) is 2.36. The van der Waals surface area contributed by atoms with Crippen molar-refractivity contribution in [1.82, 2.24) is 15.5 Å². The molecule has 0 bridgehead atoms. The number of nitrogens with one attached hydrogen (secondary N) is 2. The normalized spacial score (nSPS) is 20.9. The molecular formula is C12H25N3O2. The molecule has 1 aliphatic heterocycles. The van der Waals surface area contributed by atoms with Gasteiger partial charge in [0.05, 0.1) is 13.2 Å². The second-order valence-corrected chi connectivity index (χ2v) is 4.60. The van der Waals surface area contributed by atoms with Crippen LogP contribution >= 0.6 is 0 Å². The van der Waals surface area contributed by atoms with E-state index in [0.29, 0.717) is 12.5 Å². The third-order valence-electron chi connectivity index (χ3n) is 3.34. The molecule has 1 aliphatic rings. The quantitative estimate of drug-likeness (QED) is 0.679. The fraction of sp³-hybridized carbons (Fsp3) is 0.917. The zero-order valence-corrected chi connectivity index (χ0v) is 11.2. The van der Waals surface area contributed by atoms with E-state index in [2.05, 4.69) is 29.4 Å². The molecule has 0 saturated carbocycles. The standard InChI is InChI=1S/C12H25N3O2/c1-10(14-12(16)4-5-13-3)11(2)15-6-8-17-9-7-15/h10-11,13H,4-9H2,1-3H3,(H,14,16). The minimum Gasteiger partial charge on any atom is -0.379 e. The van der Waals surface area contributed by atoms with Crippen molar-refractivity contribution in [3.8, 4) is 0 Å². The molecule has 17 heavy (non-hydrogen) atoms. The first-order valence-corrected chi connectivity index (χ1v) is 6.41. The van der Waals surface area contributed by atoms with Crippen molar-refractivity contribution in [2.75, 3.05) is 39.9 Å². The number of ether oxygens (including phenoxy) is 1. The van der Waals surface area contributed by atoms with Gasteiger partial charge in [-0.25, -0.2) is 0 Å². The van der Waals surface area contributed by atoms with Gasteiger partial charge in [-0.2, -0.15) is 0 Å². The maximum atomic E-state index is 11.6. The van der Waals surface area contributed by atoms with Gasteiger partial charge in [-0.3, -0.25) is 9.69 Å². The maximum absolute atomic E-state index is 11.6. The van der Waals surface area contributed by atoms with Gasteiger partial charge in [0.1, 0.15) is 0 Å². The molecule has 2 atom stereocenters. The van der Waals surface area contributed by atoms with Gasteiger partial charge >= 0.3 is 0 Å². The molecule has 0 aromatic heterocycles.